The summed E-state index contributed by atoms with van der Waals surface area (Å²) in [5.74, 6) is 1.48. The highest BCUT2D eigenvalue weighted by Gasteiger charge is 2.31. The highest BCUT2D eigenvalue weighted by atomic mass is 32.2. The van der Waals surface area contributed by atoms with Crippen LogP contribution in [0.5, 0.6) is 5.75 Å². The van der Waals surface area contributed by atoms with Gasteiger partial charge in [-0.2, -0.15) is 0 Å². The molecule has 1 N–H and O–H groups in total. The molecule has 142 valence electrons. The zero-order valence-electron chi connectivity index (χ0n) is 15.4. The monoisotopic (exact) mass is 377 g/mol. The summed E-state index contributed by atoms with van der Waals surface area (Å²) in [4.78, 5) is 12.3. The van der Waals surface area contributed by atoms with Gasteiger partial charge in [0.15, 0.2) is 0 Å². The number of rotatable bonds is 7. The zero-order chi connectivity index (χ0) is 18.1. The van der Waals surface area contributed by atoms with Crippen molar-refractivity contribution >= 4 is 17.9 Å². The molecule has 3 fully saturated rings. The normalized spacial score (nSPS) is 25.8. The van der Waals surface area contributed by atoms with Gasteiger partial charge in [-0.15, -0.1) is 0 Å². The van der Waals surface area contributed by atoms with Crippen LogP contribution in [0.25, 0.3) is 0 Å². The number of hydrogen-bond acceptors (Lipinski definition) is 3. The topological polar surface area (TPSA) is 38.3 Å². The number of amides is 1. The van der Waals surface area contributed by atoms with Crippen molar-refractivity contribution in [2.24, 2.45) is 11.8 Å². The Morgan fingerprint density at radius 3 is 2.65 bits per heavy atom. The molecule has 5 heteroatoms. The van der Waals surface area contributed by atoms with Gasteiger partial charge in [-0.1, -0.05) is 26.2 Å². The second-order valence-corrected chi connectivity index (χ2v) is 9.33. The van der Waals surface area contributed by atoms with E-state index in [1.807, 2.05) is 0 Å². The lowest BCUT2D eigenvalue weighted by molar-refractivity contribution is 0.0980. The summed E-state index contributed by atoms with van der Waals surface area (Å²) in [6.45, 7) is 2.95. The summed E-state index contributed by atoms with van der Waals surface area (Å²) in [5, 5.41) is 0.505. The summed E-state index contributed by atoms with van der Waals surface area (Å²) >= 11 is 1.42. The molecular formula is C21H28FNO2S. The van der Waals surface area contributed by atoms with Crippen LogP contribution in [0, 0.1) is 17.7 Å². The number of hydrogen-bond donors (Lipinski definition) is 1. The standard InChI is InChI=1S/C21H28FNO2S/c1-13-4-2-3-5-15(13)12-25-20-11-19(22)18(10-17(20)14-6-7-14)21(24)23-26-16-8-9-16/h10-11,13-16H,2-9,12H2,1H3,(H,23,24). The molecule has 1 aromatic rings. The molecule has 3 saturated carbocycles. The van der Waals surface area contributed by atoms with Crippen LogP contribution < -0.4 is 9.46 Å². The minimum atomic E-state index is -0.477. The van der Waals surface area contributed by atoms with Crippen molar-refractivity contribution in [2.75, 3.05) is 6.61 Å². The molecular weight excluding hydrogens is 349 g/mol. The number of ether oxygens (including phenoxy) is 1. The van der Waals surface area contributed by atoms with Crippen molar-refractivity contribution < 1.29 is 13.9 Å². The van der Waals surface area contributed by atoms with Gasteiger partial charge < -0.3 is 4.74 Å². The molecule has 1 aromatic carbocycles. The second kappa shape index (κ2) is 7.79. The van der Waals surface area contributed by atoms with Crippen LogP contribution in [0.3, 0.4) is 0 Å². The largest absolute Gasteiger partial charge is 0.493 e. The summed E-state index contributed by atoms with van der Waals surface area (Å²) in [5.41, 5.74) is 1.16. The number of carbonyl (C=O) groups is 1. The van der Waals surface area contributed by atoms with Gasteiger partial charge in [0.1, 0.15) is 11.6 Å². The van der Waals surface area contributed by atoms with Gasteiger partial charge in [-0.25, -0.2) is 4.39 Å². The van der Waals surface area contributed by atoms with Crippen molar-refractivity contribution in [3.05, 3.63) is 29.1 Å². The summed E-state index contributed by atoms with van der Waals surface area (Å²) in [7, 11) is 0. The number of halogens is 1. The maximum atomic E-state index is 14.6. The average molecular weight is 378 g/mol. The summed E-state index contributed by atoms with van der Waals surface area (Å²) in [6, 6.07) is 3.17. The number of benzene rings is 1. The molecule has 3 aliphatic carbocycles. The molecule has 0 heterocycles. The highest BCUT2D eigenvalue weighted by molar-refractivity contribution is 7.98. The lowest BCUT2D eigenvalue weighted by Gasteiger charge is -2.29. The molecule has 3 nitrogen and oxygen atoms in total. The van der Waals surface area contributed by atoms with Gasteiger partial charge in [0.2, 0.25) is 0 Å². The van der Waals surface area contributed by atoms with Gasteiger partial charge in [-0.3, -0.25) is 9.52 Å². The second-order valence-electron chi connectivity index (χ2n) is 8.23. The molecule has 2 atom stereocenters. The van der Waals surface area contributed by atoms with E-state index in [0.717, 1.165) is 31.2 Å². The van der Waals surface area contributed by atoms with Crippen LogP contribution >= 0.6 is 11.9 Å². The highest BCUT2D eigenvalue weighted by Crippen LogP contribution is 2.45. The minimum absolute atomic E-state index is 0.151. The van der Waals surface area contributed by atoms with E-state index in [1.165, 1.54) is 43.7 Å². The Kier molecular flexibility index (Phi) is 5.44. The van der Waals surface area contributed by atoms with E-state index in [9.17, 15) is 9.18 Å². The molecule has 0 bridgehead atoms. The predicted octanol–water partition coefficient (Wildman–Crippen LogP) is 5.45. The molecule has 0 spiro atoms. The molecule has 0 aromatic heterocycles. The molecule has 1 amide bonds. The molecule has 3 aliphatic rings. The molecule has 0 aliphatic heterocycles. The van der Waals surface area contributed by atoms with Crippen LogP contribution in [-0.4, -0.2) is 17.8 Å². The van der Waals surface area contributed by atoms with E-state index in [4.69, 9.17) is 4.74 Å². The van der Waals surface area contributed by atoms with Crippen LogP contribution in [0.1, 0.15) is 80.1 Å². The van der Waals surface area contributed by atoms with Gasteiger partial charge in [0.05, 0.1) is 12.2 Å². The third kappa shape index (κ3) is 4.36. The molecule has 2 unspecified atom stereocenters. The fourth-order valence-electron chi connectivity index (χ4n) is 3.80. The Hall–Kier alpha value is -1.23. The van der Waals surface area contributed by atoms with E-state index in [1.54, 1.807) is 6.07 Å². The predicted molar refractivity (Wildman–Crippen MR) is 103 cm³/mol. The van der Waals surface area contributed by atoms with E-state index >= 15 is 0 Å². The van der Waals surface area contributed by atoms with E-state index in [2.05, 4.69) is 11.6 Å². The SMILES string of the molecule is CC1CCCCC1COc1cc(F)c(C(=O)NSC2CC2)cc1C1CC1. The summed E-state index contributed by atoms with van der Waals surface area (Å²) < 4.78 is 23.5. The molecule has 4 rings (SSSR count). The first-order chi connectivity index (χ1) is 12.6. The van der Waals surface area contributed by atoms with Gasteiger partial charge in [0.25, 0.3) is 5.91 Å². The third-order valence-corrected chi connectivity index (χ3v) is 7.05. The Morgan fingerprint density at radius 2 is 1.96 bits per heavy atom. The zero-order valence-corrected chi connectivity index (χ0v) is 16.2. The van der Waals surface area contributed by atoms with Crippen LogP contribution in [0.2, 0.25) is 0 Å². The Bertz CT molecular complexity index is 672. The quantitative estimate of drug-likeness (QED) is 0.642. The van der Waals surface area contributed by atoms with E-state index in [0.29, 0.717) is 35.4 Å². The van der Waals surface area contributed by atoms with Crippen LogP contribution in [0.15, 0.2) is 12.1 Å². The first kappa shape index (κ1) is 18.1. The number of nitrogens with one attached hydrogen (secondary N) is 1. The van der Waals surface area contributed by atoms with Crippen LogP contribution in [0.4, 0.5) is 4.39 Å². The fraction of sp³-hybridized carbons (Fsp3) is 0.667. The lowest BCUT2D eigenvalue weighted by Crippen LogP contribution is -2.23. The first-order valence-electron chi connectivity index (χ1n) is 10.0. The third-order valence-electron chi connectivity index (χ3n) is 5.95. The Morgan fingerprint density at radius 1 is 1.19 bits per heavy atom. The molecule has 0 saturated heterocycles. The van der Waals surface area contributed by atoms with Crippen molar-refractivity contribution in [2.45, 2.75) is 69.5 Å². The van der Waals surface area contributed by atoms with Crippen LogP contribution in [-0.2, 0) is 0 Å². The molecule has 26 heavy (non-hydrogen) atoms. The minimum Gasteiger partial charge on any atom is -0.493 e. The Balaban J connectivity index is 1.47. The smallest absolute Gasteiger partial charge is 0.264 e. The van der Waals surface area contributed by atoms with Crippen molar-refractivity contribution in [1.29, 1.82) is 0 Å². The van der Waals surface area contributed by atoms with Crippen molar-refractivity contribution in [1.82, 2.24) is 4.72 Å². The van der Waals surface area contributed by atoms with Gasteiger partial charge in [-0.05, 0) is 73.4 Å². The van der Waals surface area contributed by atoms with Gasteiger partial charge >= 0.3 is 0 Å². The van der Waals surface area contributed by atoms with Crippen molar-refractivity contribution in [3.8, 4) is 5.75 Å². The van der Waals surface area contributed by atoms with E-state index in [-0.39, 0.29) is 11.5 Å². The lowest BCUT2D eigenvalue weighted by atomic mass is 9.81. The summed E-state index contributed by atoms with van der Waals surface area (Å²) in [6.07, 6.45) is 9.48. The average Bonchev–Trinajstić information content (AvgIpc) is 3.53. The van der Waals surface area contributed by atoms with Gasteiger partial charge in [0, 0.05) is 11.3 Å². The first-order valence-corrected chi connectivity index (χ1v) is 10.9. The number of carbonyl (C=O) groups excluding carboxylic acids is 1. The maximum Gasteiger partial charge on any atom is 0.264 e. The Labute approximate surface area is 159 Å². The van der Waals surface area contributed by atoms with E-state index < -0.39 is 5.82 Å². The molecule has 0 radical (unpaired) electrons. The fourth-order valence-corrected chi connectivity index (χ4v) is 4.55. The maximum absolute atomic E-state index is 14.6. The van der Waals surface area contributed by atoms with Crippen molar-refractivity contribution in [3.63, 3.8) is 0 Å².